The Morgan fingerprint density at radius 3 is 1.48 bits per heavy atom. The smallest absolute Gasteiger partial charge is 0.423 e. The van der Waals surface area contributed by atoms with Crippen LogP contribution in [0.5, 0.6) is 0 Å². The van der Waals surface area contributed by atoms with Crippen molar-refractivity contribution in [3.8, 4) is 22.4 Å². The molecule has 0 unspecified atom stereocenters. The third kappa shape index (κ3) is 16.8. The highest BCUT2D eigenvalue weighted by Gasteiger charge is 2.33. The Labute approximate surface area is 501 Å². The number of fused-ring (bicyclic) bond motifs is 2. The Morgan fingerprint density at radius 1 is 0.573 bits per heavy atom. The van der Waals surface area contributed by atoms with Gasteiger partial charge in [0.15, 0.2) is 0 Å². The third-order valence-corrected chi connectivity index (χ3v) is 17.5. The Morgan fingerprint density at radius 2 is 1.04 bits per heavy atom. The number of hydrogen-bond acceptors (Lipinski definition) is 15. The molecule has 2 fully saturated rings. The van der Waals surface area contributed by atoms with Crippen molar-refractivity contribution in [2.45, 2.75) is 101 Å². The number of anilines is 2. The molecular formula is C57H55BCl2F6IN11O2S2. The van der Waals surface area contributed by atoms with E-state index in [0.717, 1.165) is 96.7 Å². The summed E-state index contributed by atoms with van der Waals surface area (Å²) in [6.07, 6.45) is 3.44. The van der Waals surface area contributed by atoms with Crippen molar-refractivity contribution in [3.63, 3.8) is 0 Å². The highest BCUT2D eigenvalue weighted by molar-refractivity contribution is 14.1. The van der Waals surface area contributed by atoms with Crippen LogP contribution in [0.2, 0.25) is 10.3 Å². The summed E-state index contributed by atoms with van der Waals surface area (Å²) in [6, 6.07) is 32.1. The van der Waals surface area contributed by atoms with E-state index in [1.807, 2.05) is 32.4 Å². The van der Waals surface area contributed by atoms with Crippen LogP contribution in [0.4, 0.5) is 38.0 Å². The van der Waals surface area contributed by atoms with Gasteiger partial charge in [-0.2, -0.15) is 26.3 Å². The second-order valence-corrected chi connectivity index (χ2v) is 24.3. The van der Waals surface area contributed by atoms with Crippen LogP contribution in [0, 0.1) is 3.57 Å². The van der Waals surface area contributed by atoms with E-state index in [2.05, 4.69) is 133 Å². The summed E-state index contributed by atoms with van der Waals surface area (Å²) in [5, 5.41) is 26.7. The molecule has 4 atom stereocenters. The summed E-state index contributed by atoms with van der Waals surface area (Å²) in [4.78, 5) is 35.6. The zero-order valence-corrected chi connectivity index (χ0v) is 49.5. The van der Waals surface area contributed by atoms with E-state index in [-0.39, 0.29) is 15.8 Å². The predicted octanol–water partition coefficient (Wildman–Crippen LogP) is 12.7. The van der Waals surface area contributed by atoms with Crippen LogP contribution in [-0.4, -0.2) is 103 Å². The van der Waals surface area contributed by atoms with Gasteiger partial charge >= 0.3 is 19.5 Å². The minimum atomic E-state index is -4.25. The van der Waals surface area contributed by atoms with Gasteiger partial charge in [0, 0.05) is 99.9 Å². The second-order valence-electron chi connectivity index (χ2n) is 20.1. The molecule has 0 spiro atoms. The largest absolute Gasteiger partial charge is 0.490 e. The van der Waals surface area contributed by atoms with Gasteiger partial charge in [0.05, 0.1) is 29.3 Å². The van der Waals surface area contributed by atoms with Crippen LogP contribution in [-0.2, 0) is 25.9 Å². The molecule has 11 rings (SSSR count). The van der Waals surface area contributed by atoms with E-state index in [0.29, 0.717) is 66.0 Å². The Balaban J connectivity index is 0.000000175. The number of benzene rings is 2. The fourth-order valence-corrected chi connectivity index (χ4v) is 12.6. The molecule has 0 bridgehead atoms. The van der Waals surface area contributed by atoms with Gasteiger partial charge in [-0.1, -0.05) is 71.7 Å². The van der Waals surface area contributed by atoms with Crippen molar-refractivity contribution in [1.82, 2.24) is 45.5 Å². The number of aromatic nitrogens is 7. The van der Waals surface area contributed by atoms with Crippen molar-refractivity contribution in [2.75, 3.05) is 23.9 Å². The maximum absolute atomic E-state index is 12.9. The van der Waals surface area contributed by atoms with Crippen molar-refractivity contribution in [3.05, 3.63) is 163 Å². The minimum Gasteiger partial charge on any atom is -0.423 e. The average molecular weight is 1310 g/mol. The zero-order chi connectivity index (χ0) is 58.1. The molecule has 2 aromatic carbocycles. The van der Waals surface area contributed by atoms with Crippen LogP contribution >= 0.6 is 68.5 Å². The van der Waals surface area contributed by atoms with Crippen molar-refractivity contribution in [2.24, 2.45) is 0 Å². The van der Waals surface area contributed by atoms with Crippen molar-refractivity contribution in [1.29, 1.82) is 0 Å². The van der Waals surface area contributed by atoms with Gasteiger partial charge < -0.3 is 30.5 Å². The fourth-order valence-electron chi connectivity index (χ4n) is 10.00. The molecule has 2 saturated carbocycles. The van der Waals surface area contributed by atoms with E-state index >= 15 is 0 Å². The van der Waals surface area contributed by atoms with Gasteiger partial charge in [0.2, 0.25) is 0 Å². The molecule has 4 N–H and O–H groups in total. The lowest BCUT2D eigenvalue weighted by atomic mass is 9.82. The Bertz CT molecular complexity index is 3520. The number of rotatable bonds is 15. The maximum atomic E-state index is 12.9. The molecule has 13 nitrogen and oxygen atoms in total. The monoisotopic (exact) mass is 1310 g/mol. The molecule has 7 heterocycles. The summed E-state index contributed by atoms with van der Waals surface area (Å²) in [5.41, 5.74) is 6.69. The normalized spacial score (nSPS) is 17.1. The molecule has 0 aliphatic heterocycles. The van der Waals surface area contributed by atoms with Crippen LogP contribution in [0.3, 0.4) is 0 Å². The first-order chi connectivity index (χ1) is 39.2. The van der Waals surface area contributed by atoms with E-state index in [4.69, 9.17) is 33.2 Å². The average Bonchev–Trinajstić information content (AvgIpc) is 4.41. The lowest BCUT2D eigenvalue weighted by Gasteiger charge is -2.26. The lowest BCUT2D eigenvalue weighted by molar-refractivity contribution is -0.127. The molecule has 428 valence electrons. The summed E-state index contributed by atoms with van der Waals surface area (Å²) >= 11 is 15.8. The highest BCUT2D eigenvalue weighted by atomic mass is 127. The topological polar surface area (TPSA) is 161 Å². The van der Waals surface area contributed by atoms with Crippen LogP contribution in [0.1, 0.15) is 59.4 Å². The molecule has 0 radical (unpaired) electrons. The lowest BCUT2D eigenvalue weighted by Crippen LogP contribution is -2.33. The van der Waals surface area contributed by atoms with Crippen LogP contribution in [0.15, 0.2) is 128 Å². The summed E-state index contributed by atoms with van der Waals surface area (Å²) in [6.45, 7) is 1.59. The number of alkyl halides is 6. The quantitative estimate of drug-likeness (QED) is 0.0333. The molecular weight excluding hydrogens is 1260 g/mol. The predicted molar refractivity (Wildman–Crippen MR) is 324 cm³/mol. The first-order valence-electron chi connectivity index (χ1n) is 26.1. The molecule has 0 saturated heterocycles. The van der Waals surface area contributed by atoms with Crippen molar-refractivity contribution < 1.29 is 36.4 Å². The van der Waals surface area contributed by atoms with Crippen molar-refractivity contribution >= 4 is 113 Å². The Kier molecular flexibility index (Phi) is 20.4. The molecule has 82 heavy (non-hydrogen) atoms. The van der Waals surface area contributed by atoms with Gasteiger partial charge in [-0.15, -0.1) is 22.7 Å². The number of nitrogens with zero attached hydrogens (tertiary/aromatic N) is 9. The zero-order valence-electron chi connectivity index (χ0n) is 44.2. The molecule has 9 aromatic rings. The number of thiophene rings is 2. The number of nitrogens with one attached hydrogen (secondary N) is 2. The van der Waals surface area contributed by atoms with E-state index in [9.17, 15) is 26.3 Å². The summed E-state index contributed by atoms with van der Waals surface area (Å²) < 4.78 is 78.4. The SMILES string of the molecule is CN(c1ncnc2sc(CC(F)(F)F)cc12)[C@@H]1CC[C@H](NCc2ccc(-c3ccc(-c4ccc(Cl)nc4)nc3)cc2)C1.CN(c1ncnc2sc(CC(F)(F)F)cc12)[C@@H]1CC[C@H](NCc2ccc(I)cc2)C1.OB(O)c1ccc(Cl)nc1. The molecule has 7 aromatic heterocycles. The third-order valence-electron chi connectivity index (χ3n) is 14.3. The van der Waals surface area contributed by atoms with Crippen LogP contribution < -0.4 is 25.9 Å². The first-order valence-corrected chi connectivity index (χ1v) is 29.6. The van der Waals surface area contributed by atoms with E-state index in [1.54, 1.807) is 24.4 Å². The van der Waals surface area contributed by atoms with Gasteiger partial charge in [-0.05, 0) is 126 Å². The standard InChI is InChI=1S/C31H28ClF3N6S.C21H22F3IN4S.C5H5BClNO2/c1-41(29-26-13-25(14-31(33,34)35)42-30(26)40-18-39-29)24-9-8-23(12-24)36-15-19-2-4-20(5-3-19)21-6-10-27(37-16-21)22-7-11-28(32)38-17-22;1-29(16-7-6-15(8-16)26-11-13-2-4-14(25)5-3-13)19-18-9-17(10-21(22,23)24)30-20(18)28-12-27-19;7-5-2-1-4(3-8-5)6(9)10/h2-7,10-11,13,16-18,23-24,36H,8-9,12,14-15H2,1H3;2-5,9,12,15-16,26H,6-8,10-11H2,1H3;1-3,9-10H/t23-,24+;15-,16+;/m00./s1. The minimum absolute atomic E-state index is 0.244. The number of halogens is 9. The Hall–Kier alpha value is -5.64. The van der Waals surface area contributed by atoms with Crippen LogP contribution in [0.25, 0.3) is 42.8 Å². The molecule has 0 amide bonds. The highest BCUT2D eigenvalue weighted by Crippen LogP contribution is 2.38. The fraction of sp³-hybridized carbons (Fsp3) is 0.316. The van der Waals surface area contributed by atoms with E-state index < -0.39 is 32.3 Å². The second kappa shape index (κ2) is 27.4. The molecule has 2 aliphatic carbocycles. The molecule has 25 heteroatoms. The van der Waals surface area contributed by atoms with Gasteiger partial charge in [0.25, 0.3) is 0 Å². The summed E-state index contributed by atoms with van der Waals surface area (Å²) in [7, 11) is 2.49. The number of hydrogen-bond donors (Lipinski definition) is 4. The van der Waals surface area contributed by atoms with Gasteiger partial charge in [-0.3, -0.25) is 4.98 Å². The summed E-state index contributed by atoms with van der Waals surface area (Å²) in [5.74, 6) is 1.41. The maximum Gasteiger partial charge on any atom is 0.490 e. The first kappa shape index (κ1) is 60.9. The van der Waals surface area contributed by atoms with Gasteiger partial charge in [0.1, 0.15) is 44.3 Å². The number of pyridine rings is 3. The van der Waals surface area contributed by atoms with Gasteiger partial charge in [-0.25, -0.2) is 29.9 Å². The molecule has 2 aliphatic rings. The van der Waals surface area contributed by atoms with E-state index in [1.165, 1.54) is 45.7 Å².